The van der Waals surface area contributed by atoms with Crippen LogP contribution in [0.4, 0.5) is 10.9 Å². The Balaban J connectivity index is 1.37. The summed E-state index contributed by atoms with van der Waals surface area (Å²) < 4.78 is 3.08. The smallest absolute Gasteiger partial charge is 0.203 e. The molecule has 0 amide bonds. The maximum Gasteiger partial charge on any atom is 0.203 e. The molecule has 0 bridgehead atoms. The van der Waals surface area contributed by atoms with E-state index in [1.165, 1.54) is 0 Å². The molecule has 1 aliphatic rings. The number of halogens is 1. The number of fused-ring (bicyclic) bond motifs is 2. The van der Waals surface area contributed by atoms with Crippen molar-refractivity contribution in [3.05, 3.63) is 41.4 Å². The molecule has 4 aromatic rings. The van der Waals surface area contributed by atoms with Crippen LogP contribution in [0.15, 0.2) is 30.6 Å². The zero-order chi connectivity index (χ0) is 17.8. The number of hydrogen-bond donors (Lipinski definition) is 0. The lowest BCUT2D eigenvalue weighted by Gasteiger charge is -2.44. The van der Waals surface area contributed by atoms with Gasteiger partial charge in [-0.25, -0.2) is 9.97 Å². The summed E-state index contributed by atoms with van der Waals surface area (Å²) in [7, 11) is 2.09. The fourth-order valence-corrected chi connectivity index (χ4v) is 4.53. The predicted octanol–water partition coefficient (Wildman–Crippen LogP) is 3.02. The van der Waals surface area contributed by atoms with E-state index in [4.69, 9.17) is 16.6 Å². The first kappa shape index (κ1) is 15.8. The summed E-state index contributed by atoms with van der Waals surface area (Å²) in [6.07, 6.45) is 3.69. The number of para-hydroxylation sites is 1. The van der Waals surface area contributed by atoms with Gasteiger partial charge >= 0.3 is 0 Å². The van der Waals surface area contributed by atoms with Crippen molar-refractivity contribution < 1.29 is 0 Å². The van der Waals surface area contributed by atoms with Gasteiger partial charge in [-0.3, -0.25) is 4.40 Å². The van der Waals surface area contributed by atoms with Crippen molar-refractivity contribution in [3.8, 4) is 0 Å². The summed E-state index contributed by atoms with van der Waals surface area (Å²) in [5.41, 5.74) is 1.68. The van der Waals surface area contributed by atoms with E-state index in [2.05, 4.69) is 38.1 Å². The van der Waals surface area contributed by atoms with Crippen LogP contribution in [0.1, 0.15) is 5.82 Å². The number of rotatable bonds is 3. The number of aryl methyl sites for hydroxylation is 1. The number of hydrogen-bond acceptors (Lipinski definition) is 7. The predicted molar refractivity (Wildman–Crippen MR) is 105 cm³/mol. The summed E-state index contributed by atoms with van der Waals surface area (Å²) >= 11 is 7.93. The molecule has 1 aliphatic heterocycles. The van der Waals surface area contributed by atoms with E-state index in [0.717, 1.165) is 45.7 Å². The standard InChI is InChI=1S/C17H16ClN7S/c1-10-21-22-16-15(19-6-7-25(10)16)24-8-11(9-24)23(2)17-20-14-12(18)4-3-5-13(14)26-17/h3-7,11H,8-9H2,1-2H3. The van der Waals surface area contributed by atoms with Gasteiger partial charge in [-0.2, -0.15) is 0 Å². The molecule has 26 heavy (non-hydrogen) atoms. The topological polar surface area (TPSA) is 62.5 Å². The Bertz CT molecular complexity index is 1110. The third-order valence-electron chi connectivity index (χ3n) is 4.85. The van der Waals surface area contributed by atoms with Crippen molar-refractivity contribution in [2.75, 3.05) is 29.9 Å². The zero-order valence-corrected chi connectivity index (χ0v) is 15.9. The molecule has 0 unspecified atom stereocenters. The lowest BCUT2D eigenvalue weighted by Crippen LogP contribution is -2.59. The van der Waals surface area contributed by atoms with Crippen LogP contribution in [0.25, 0.3) is 15.9 Å². The number of nitrogens with zero attached hydrogens (tertiary/aromatic N) is 7. The molecule has 1 aromatic carbocycles. The number of likely N-dealkylation sites (N-methyl/N-ethyl adjacent to an activating group) is 1. The second-order valence-corrected chi connectivity index (χ2v) is 7.86. The Labute approximate surface area is 158 Å². The van der Waals surface area contributed by atoms with E-state index in [1.54, 1.807) is 17.5 Å². The third-order valence-corrected chi connectivity index (χ3v) is 6.26. The van der Waals surface area contributed by atoms with Gasteiger partial charge in [-0.15, -0.1) is 10.2 Å². The minimum absolute atomic E-state index is 0.375. The fourth-order valence-electron chi connectivity index (χ4n) is 3.24. The van der Waals surface area contributed by atoms with Crippen molar-refractivity contribution >= 4 is 49.8 Å². The molecule has 1 saturated heterocycles. The maximum atomic E-state index is 6.26. The lowest BCUT2D eigenvalue weighted by molar-refractivity contribution is 0.492. The monoisotopic (exact) mass is 385 g/mol. The molecule has 0 radical (unpaired) electrons. The van der Waals surface area contributed by atoms with Crippen LogP contribution in [0, 0.1) is 6.92 Å². The molecule has 9 heteroatoms. The van der Waals surface area contributed by atoms with E-state index in [-0.39, 0.29) is 0 Å². The lowest BCUT2D eigenvalue weighted by atomic mass is 10.1. The van der Waals surface area contributed by atoms with E-state index < -0.39 is 0 Å². The van der Waals surface area contributed by atoms with Crippen LogP contribution in [0.2, 0.25) is 5.02 Å². The summed E-state index contributed by atoms with van der Waals surface area (Å²) in [6.45, 7) is 3.69. The highest BCUT2D eigenvalue weighted by Crippen LogP contribution is 2.34. The van der Waals surface area contributed by atoms with Crippen molar-refractivity contribution in [1.29, 1.82) is 0 Å². The van der Waals surface area contributed by atoms with Crippen molar-refractivity contribution in [2.45, 2.75) is 13.0 Å². The van der Waals surface area contributed by atoms with Crippen molar-refractivity contribution in [1.82, 2.24) is 24.6 Å². The van der Waals surface area contributed by atoms with Crippen LogP contribution in [0.5, 0.6) is 0 Å². The number of aromatic nitrogens is 5. The van der Waals surface area contributed by atoms with Gasteiger partial charge in [0, 0.05) is 32.5 Å². The van der Waals surface area contributed by atoms with Gasteiger partial charge in [0.05, 0.1) is 15.8 Å². The highest BCUT2D eigenvalue weighted by molar-refractivity contribution is 7.22. The van der Waals surface area contributed by atoms with Gasteiger partial charge in [0.15, 0.2) is 10.9 Å². The van der Waals surface area contributed by atoms with Crippen LogP contribution in [-0.4, -0.2) is 50.7 Å². The van der Waals surface area contributed by atoms with Crippen LogP contribution >= 0.6 is 22.9 Å². The minimum atomic E-state index is 0.375. The molecular formula is C17H16ClN7S. The molecule has 0 aliphatic carbocycles. The highest BCUT2D eigenvalue weighted by Gasteiger charge is 2.34. The largest absolute Gasteiger partial charge is 0.349 e. The molecule has 5 rings (SSSR count). The van der Waals surface area contributed by atoms with Gasteiger partial charge in [0.25, 0.3) is 0 Å². The normalized spacial score (nSPS) is 15.0. The average Bonchev–Trinajstić information content (AvgIpc) is 3.19. The van der Waals surface area contributed by atoms with Crippen LogP contribution in [-0.2, 0) is 0 Å². The molecule has 7 nitrogen and oxygen atoms in total. The summed E-state index contributed by atoms with van der Waals surface area (Å²) in [6, 6.07) is 6.28. The molecule has 0 N–H and O–H groups in total. The van der Waals surface area contributed by atoms with E-state index in [0.29, 0.717) is 11.1 Å². The molecule has 0 atom stereocenters. The van der Waals surface area contributed by atoms with Gasteiger partial charge in [-0.05, 0) is 19.1 Å². The van der Waals surface area contributed by atoms with E-state index >= 15 is 0 Å². The fraction of sp³-hybridized carbons (Fsp3) is 0.294. The summed E-state index contributed by atoms with van der Waals surface area (Å²) in [4.78, 5) is 13.7. The van der Waals surface area contributed by atoms with Crippen LogP contribution < -0.4 is 9.80 Å². The average molecular weight is 386 g/mol. The maximum absolute atomic E-state index is 6.26. The second kappa shape index (κ2) is 5.78. The Kier molecular flexibility index (Phi) is 3.51. The summed E-state index contributed by atoms with van der Waals surface area (Å²) in [5.74, 6) is 1.74. The SMILES string of the molecule is Cc1nnc2c(N3CC(N(C)c4nc5c(Cl)cccc5s4)C3)nccn12. The zero-order valence-electron chi connectivity index (χ0n) is 14.3. The molecule has 3 aromatic heterocycles. The molecular weight excluding hydrogens is 370 g/mol. The number of anilines is 2. The first-order valence-corrected chi connectivity index (χ1v) is 9.50. The number of benzene rings is 1. The van der Waals surface area contributed by atoms with E-state index in [1.807, 2.05) is 29.7 Å². The third kappa shape index (κ3) is 2.33. The van der Waals surface area contributed by atoms with Crippen molar-refractivity contribution in [2.24, 2.45) is 0 Å². The Morgan fingerprint density at radius 3 is 2.92 bits per heavy atom. The molecule has 0 spiro atoms. The Morgan fingerprint density at radius 1 is 1.27 bits per heavy atom. The summed E-state index contributed by atoms with van der Waals surface area (Å²) in [5, 5.41) is 10.1. The second-order valence-electron chi connectivity index (χ2n) is 6.44. The Morgan fingerprint density at radius 2 is 2.12 bits per heavy atom. The van der Waals surface area contributed by atoms with Crippen LogP contribution in [0.3, 0.4) is 0 Å². The highest BCUT2D eigenvalue weighted by atomic mass is 35.5. The quantitative estimate of drug-likeness (QED) is 0.540. The first-order chi connectivity index (χ1) is 12.6. The molecule has 132 valence electrons. The van der Waals surface area contributed by atoms with Gasteiger partial charge in [0.1, 0.15) is 11.3 Å². The van der Waals surface area contributed by atoms with Crippen molar-refractivity contribution in [3.63, 3.8) is 0 Å². The van der Waals surface area contributed by atoms with Gasteiger partial charge in [-0.1, -0.05) is 29.0 Å². The van der Waals surface area contributed by atoms with Gasteiger partial charge in [0.2, 0.25) is 5.65 Å². The van der Waals surface area contributed by atoms with Gasteiger partial charge < -0.3 is 9.80 Å². The molecule has 0 saturated carbocycles. The molecule has 4 heterocycles. The number of thiazole rings is 1. The van der Waals surface area contributed by atoms with E-state index in [9.17, 15) is 0 Å². The molecule has 1 fully saturated rings. The minimum Gasteiger partial charge on any atom is -0.349 e. The Hall–Kier alpha value is -2.45. The first-order valence-electron chi connectivity index (χ1n) is 8.31.